The second-order valence-electron chi connectivity index (χ2n) is 10.7. The number of hydrogen-bond donors (Lipinski definition) is 1. The number of nitrogens with one attached hydrogen (secondary N) is 1. The zero-order valence-electron chi connectivity index (χ0n) is 22.3. The lowest BCUT2D eigenvalue weighted by atomic mass is 10.0. The van der Waals surface area contributed by atoms with Crippen molar-refractivity contribution in [1.29, 1.82) is 0 Å². The van der Waals surface area contributed by atoms with E-state index in [-0.39, 0.29) is 23.9 Å². The van der Waals surface area contributed by atoms with Crippen LogP contribution in [-0.4, -0.2) is 85.3 Å². The number of carbonyl (C=O) groups is 2. The lowest BCUT2D eigenvalue weighted by Gasteiger charge is -2.44. The van der Waals surface area contributed by atoms with Gasteiger partial charge >= 0.3 is 0 Å². The molecule has 208 valence electrons. The lowest BCUT2D eigenvalue weighted by molar-refractivity contribution is 0.0264. The van der Waals surface area contributed by atoms with Gasteiger partial charge in [-0.2, -0.15) is 0 Å². The minimum atomic E-state index is -0.0107. The third-order valence-electron chi connectivity index (χ3n) is 7.90. The Morgan fingerprint density at radius 3 is 2.48 bits per heavy atom. The van der Waals surface area contributed by atoms with Gasteiger partial charge in [0.15, 0.2) is 0 Å². The summed E-state index contributed by atoms with van der Waals surface area (Å²) in [6, 6.07) is 9.10. The van der Waals surface area contributed by atoms with Crippen molar-refractivity contribution in [3.63, 3.8) is 0 Å². The van der Waals surface area contributed by atoms with Crippen LogP contribution in [0.2, 0.25) is 15.1 Å². The van der Waals surface area contributed by atoms with Crippen molar-refractivity contribution in [2.45, 2.75) is 38.9 Å². The molecule has 2 aromatic carbocycles. The van der Waals surface area contributed by atoms with Gasteiger partial charge in [0, 0.05) is 66.8 Å². The number of piperazine rings is 1. The van der Waals surface area contributed by atoms with E-state index >= 15 is 0 Å². The van der Waals surface area contributed by atoms with Crippen molar-refractivity contribution in [1.82, 2.24) is 34.7 Å². The first-order valence-corrected chi connectivity index (χ1v) is 14.2. The number of halogens is 3. The molecule has 12 heteroatoms. The summed E-state index contributed by atoms with van der Waals surface area (Å²) in [6.45, 7) is 6.62. The molecule has 1 fully saturated rings. The zero-order valence-corrected chi connectivity index (χ0v) is 24.6. The van der Waals surface area contributed by atoms with E-state index < -0.39 is 0 Å². The normalized spacial score (nSPS) is 19.9. The Morgan fingerprint density at radius 1 is 1.07 bits per heavy atom. The smallest absolute Gasteiger partial charge is 0.270 e. The predicted molar refractivity (Wildman–Crippen MR) is 156 cm³/mol. The highest BCUT2D eigenvalue weighted by molar-refractivity contribution is 6.40. The van der Waals surface area contributed by atoms with Crippen molar-refractivity contribution in [3.8, 4) is 5.69 Å². The summed E-state index contributed by atoms with van der Waals surface area (Å²) in [7, 11) is 1.81. The molecule has 2 aromatic heterocycles. The van der Waals surface area contributed by atoms with Gasteiger partial charge in [-0.3, -0.25) is 14.5 Å². The van der Waals surface area contributed by atoms with E-state index in [0.29, 0.717) is 58.2 Å². The second-order valence-corrected chi connectivity index (χ2v) is 11.9. The maximum Gasteiger partial charge on any atom is 0.270 e. The molecule has 2 amide bonds. The van der Waals surface area contributed by atoms with Gasteiger partial charge in [-0.1, -0.05) is 40.0 Å². The number of H-pyrrole nitrogens is 1. The molecule has 0 saturated carbocycles. The van der Waals surface area contributed by atoms with Gasteiger partial charge in [-0.05, 0) is 56.2 Å². The molecule has 1 saturated heterocycles. The van der Waals surface area contributed by atoms with E-state index in [0.717, 1.165) is 28.6 Å². The van der Waals surface area contributed by atoms with Crippen LogP contribution in [0.5, 0.6) is 0 Å². The molecule has 0 spiro atoms. The van der Waals surface area contributed by atoms with Gasteiger partial charge in [0.25, 0.3) is 11.8 Å². The summed E-state index contributed by atoms with van der Waals surface area (Å²) in [5.41, 5.74) is 4.43. The van der Waals surface area contributed by atoms with E-state index in [2.05, 4.69) is 34.0 Å². The van der Waals surface area contributed by atoms with Crippen LogP contribution in [0.3, 0.4) is 0 Å². The molecule has 40 heavy (non-hydrogen) atoms. The molecule has 4 aromatic rings. The highest BCUT2D eigenvalue weighted by Gasteiger charge is 2.33. The van der Waals surface area contributed by atoms with E-state index in [9.17, 15) is 9.59 Å². The Kier molecular flexibility index (Phi) is 7.02. The van der Waals surface area contributed by atoms with Crippen LogP contribution in [0.4, 0.5) is 0 Å². The van der Waals surface area contributed by atoms with Crippen LogP contribution in [0.25, 0.3) is 16.6 Å². The fourth-order valence-corrected chi connectivity index (χ4v) is 6.82. The quantitative estimate of drug-likeness (QED) is 0.353. The Hall–Kier alpha value is -3.11. The maximum absolute atomic E-state index is 13.6. The molecule has 0 unspecified atom stereocenters. The average Bonchev–Trinajstić information content (AvgIpc) is 3.51. The first kappa shape index (κ1) is 27.1. The van der Waals surface area contributed by atoms with Crippen LogP contribution >= 0.6 is 34.8 Å². The molecule has 1 N–H and O–H groups in total. The number of carbonyl (C=O) groups excluding carboxylic acids is 2. The Labute approximate surface area is 246 Å². The molecule has 0 radical (unpaired) electrons. The van der Waals surface area contributed by atoms with Crippen LogP contribution in [0.15, 0.2) is 36.5 Å². The maximum atomic E-state index is 13.6. The van der Waals surface area contributed by atoms with E-state index in [1.165, 1.54) is 0 Å². The minimum Gasteiger partial charge on any atom is -0.350 e. The number of aromatic nitrogens is 4. The van der Waals surface area contributed by atoms with Crippen molar-refractivity contribution in [2.24, 2.45) is 0 Å². The summed E-state index contributed by atoms with van der Waals surface area (Å²) < 4.78 is 1.56. The molecule has 0 bridgehead atoms. The molecule has 6 rings (SSSR count). The van der Waals surface area contributed by atoms with Gasteiger partial charge in [-0.25, -0.2) is 4.68 Å². The first-order chi connectivity index (χ1) is 19.1. The molecular formula is C28H28Cl3N7O2. The zero-order chi connectivity index (χ0) is 28.3. The molecule has 4 heterocycles. The minimum absolute atomic E-state index is 0.00702. The molecule has 2 aliphatic rings. The van der Waals surface area contributed by atoms with Crippen molar-refractivity contribution in [3.05, 3.63) is 74.1 Å². The number of hydrogen-bond acceptors (Lipinski definition) is 5. The standard InChI is InChI=1S/C28H28Cl3N7O2/c1-15-11-36(27(39)17-4-5-24-21(8-17)20-6-7-35(3)28(40)25(20)32-24)12-16(2)37(15)13-19-14-38(34-33-19)26-22(30)9-18(29)10-23(26)31/h4-5,8-10,14-16,32H,6-7,11-13H2,1-3H3/t15-,16+. The number of nitrogens with zero attached hydrogens (tertiary/aromatic N) is 6. The molecule has 0 aliphatic carbocycles. The largest absolute Gasteiger partial charge is 0.350 e. The predicted octanol–water partition coefficient (Wildman–Crippen LogP) is 5.07. The van der Waals surface area contributed by atoms with Gasteiger partial charge in [0.2, 0.25) is 0 Å². The third kappa shape index (κ3) is 4.75. The van der Waals surface area contributed by atoms with Crippen molar-refractivity contribution in [2.75, 3.05) is 26.7 Å². The van der Waals surface area contributed by atoms with Crippen molar-refractivity contribution >= 4 is 57.5 Å². The van der Waals surface area contributed by atoms with Crippen LogP contribution < -0.4 is 0 Å². The Bertz CT molecular complexity index is 1610. The second kappa shape index (κ2) is 10.4. The van der Waals surface area contributed by atoms with Gasteiger partial charge in [0.1, 0.15) is 11.4 Å². The molecule has 9 nitrogen and oxygen atoms in total. The van der Waals surface area contributed by atoms with Gasteiger partial charge < -0.3 is 14.8 Å². The fourth-order valence-electron chi connectivity index (χ4n) is 5.83. The summed E-state index contributed by atoms with van der Waals surface area (Å²) in [4.78, 5) is 35.4. The highest BCUT2D eigenvalue weighted by Crippen LogP contribution is 2.32. The fraction of sp³-hybridized carbons (Fsp3) is 0.357. The summed E-state index contributed by atoms with van der Waals surface area (Å²) in [6.07, 6.45) is 2.58. The summed E-state index contributed by atoms with van der Waals surface area (Å²) in [5.74, 6) is -0.0177. The van der Waals surface area contributed by atoms with Gasteiger partial charge in [-0.15, -0.1) is 5.10 Å². The van der Waals surface area contributed by atoms with Crippen LogP contribution in [0, 0.1) is 0 Å². The number of fused-ring (bicyclic) bond motifs is 3. The van der Waals surface area contributed by atoms with Crippen LogP contribution in [-0.2, 0) is 13.0 Å². The molecule has 2 atom stereocenters. The number of amides is 2. The number of likely N-dealkylation sites (N-methyl/N-ethyl adjacent to an activating group) is 1. The van der Waals surface area contributed by atoms with E-state index in [4.69, 9.17) is 34.8 Å². The SMILES string of the molecule is C[C@@H]1CN(C(=O)c2ccc3[nH]c4c(c3c2)CCN(C)C4=O)C[C@H](C)N1Cc1cn(-c2c(Cl)cc(Cl)cc2Cl)nn1. The monoisotopic (exact) mass is 599 g/mol. The number of rotatable bonds is 4. The molecule has 2 aliphatic heterocycles. The topological polar surface area (TPSA) is 90.4 Å². The van der Waals surface area contributed by atoms with E-state index in [1.807, 2.05) is 29.3 Å². The summed E-state index contributed by atoms with van der Waals surface area (Å²) >= 11 is 18.8. The highest BCUT2D eigenvalue weighted by atomic mass is 35.5. The average molecular weight is 601 g/mol. The van der Waals surface area contributed by atoms with Crippen LogP contribution in [0.1, 0.15) is 46.0 Å². The lowest BCUT2D eigenvalue weighted by Crippen LogP contribution is -2.57. The first-order valence-electron chi connectivity index (χ1n) is 13.1. The number of aromatic amines is 1. The summed E-state index contributed by atoms with van der Waals surface area (Å²) in [5, 5.41) is 10.8. The Morgan fingerprint density at radius 2 is 1.77 bits per heavy atom. The van der Waals surface area contributed by atoms with E-state index in [1.54, 1.807) is 28.8 Å². The number of benzene rings is 2. The Balaban J connectivity index is 1.17. The van der Waals surface area contributed by atoms with Crippen molar-refractivity contribution < 1.29 is 9.59 Å². The van der Waals surface area contributed by atoms with Gasteiger partial charge in [0.05, 0.1) is 21.9 Å². The molecular weight excluding hydrogens is 573 g/mol. The third-order valence-corrected chi connectivity index (χ3v) is 8.69.